The molecule has 4 fully saturated rings. The van der Waals surface area contributed by atoms with E-state index < -0.39 is 276 Å². The second kappa shape index (κ2) is 60.4. The van der Waals surface area contributed by atoms with Gasteiger partial charge in [-0.3, -0.25) is 89.8 Å². The lowest BCUT2D eigenvalue weighted by Gasteiger charge is -2.20. The van der Waals surface area contributed by atoms with Gasteiger partial charge in [-0.05, 0) is 56.5 Å². The van der Waals surface area contributed by atoms with Gasteiger partial charge in [0.05, 0.1) is 51.0 Å². The van der Waals surface area contributed by atoms with E-state index in [2.05, 4.69) is 86.0 Å². The summed E-state index contributed by atoms with van der Waals surface area (Å²) in [5.41, 5.74) is -5.55. The number of thioether (sulfide) groups is 1. The third kappa shape index (κ3) is 51.6. The highest BCUT2D eigenvalue weighted by Gasteiger charge is 2.48. The van der Waals surface area contributed by atoms with Crippen LogP contribution in [0.15, 0.2) is 65.6 Å². The Labute approximate surface area is 825 Å². The van der Waals surface area contributed by atoms with Crippen LogP contribution in [0.5, 0.6) is 0 Å². The number of hydrogen-bond donors (Lipinski definition) is 26. The molecule has 67 nitrogen and oxygen atoms in total. The Hall–Kier alpha value is -6.45. The third-order valence-corrected chi connectivity index (χ3v) is 32.8. The number of carbonyl (C=O) groups excluding carboxylic acids is 7. The smallest absolute Gasteiger partial charge is 0.481 e. The van der Waals surface area contributed by atoms with Crippen molar-refractivity contribution in [2.24, 2.45) is 0 Å². The monoisotopic (exact) mass is 2340 g/mol. The molecular formula is C62H101N10O57P9S5. The molecule has 816 valence electrons. The van der Waals surface area contributed by atoms with Crippen molar-refractivity contribution < 1.29 is 242 Å². The Morgan fingerprint density at radius 1 is 0.462 bits per heavy atom. The Bertz CT molecular complexity index is 5760. The third-order valence-electron chi connectivity index (χ3n) is 17.2. The van der Waals surface area contributed by atoms with Gasteiger partial charge in [0.15, 0.2) is 5.12 Å². The number of nitrogens with one attached hydrogen (secondary N) is 5. The van der Waals surface area contributed by atoms with Crippen molar-refractivity contribution in [3.8, 4) is 0 Å². The van der Waals surface area contributed by atoms with Gasteiger partial charge in [0.25, 0.3) is 16.7 Å². The molecule has 7 heterocycles. The normalized spacial score (nSPS) is 21.7. The minimum absolute atomic E-state index is 0. The maximum atomic E-state index is 13.1. The average Bonchev–Trinajstić information content (AvgIpc) is 1.65. The number of carboxylic acids is 4. The molecule has 0 bridgehead atoms. The van der Waals surface area contributed by atoms with E-state index in [0.717, 1.165) is 76.0 Å². The summed E-state index contributed by atoms with van der Waals surface area (Å²) in [7, 11) is -47.6. The number of phosphoric acid groups is 9. The van der Waals surface area contributed by atoms with Gasteiger partial charge in [-0.15, -0.1) is 0 Å². The van der Waals surface area contributed by atoms with E-state index in [1.54, 1.807) is 0 Å². The highest BCUT2D eigenvalue weighted by atomic mass is 33.1. The molecule has 3 aromatic heterocycles. The Morgan fingerprint density at radius 3 is 1.08 bits per heavy atom. The molecule has 81 heteroatoms. The number of amides is 4. The minimum Gasteiger partial charge on any atom is -0.481 e. The minimum atomic E-state index is -5.80. The molecule has 0 aliphatic carbocycles. The zero-order valence-electron chi connectivity index (χ0n) is 72.6. The number of aliphatic carboxylic acids is 4. The number of rotatable bonds is 51. The molecule has 143 heavy (non-hydrogen) atoms. The maximum absolute atomic E-state index is 13.1. The van der Waals surface area contributed by atoms with E-state index in [1.165, 1.54) is 40.3 Å². The number of phosphoric ester groups is 3. The van der Waals surface area contributed by atoms with E-state index >= 15 is 0 Å². The van der Waals surface area contributed by atoms with Crippen molar-refractivity contribution in [1.82, 2.24) is 49.1 Å². The number of hydrogen-bond acceptors (Lipinski definition) is 46. The van der Waals surface area contributed by atoms with Crippen LogP contribution in [0, 0.1) is 0 Å². The summed E-state index contributed by atoms with van der Waals surface area (Å²) >= 11 is 9.40. The first kappa shape index (κ1) is 133. The first-order valence-electron chi connectivity index (χ1n) is 39.4. The van der Waals surface area contributed by atoms with Crippen LogP contribution in [-0.4, -0.2) is 296 Å². The molecule has 7 rings (SSSR count). The van der Waals surface area contributed by atoms with E-state index in [1.807, 2.05) is 4.98 Å². The molecule has 0 aromatic carbocycles. The fraction of sp³-hybridized carbons (Fsp3) is 0.629. The number of thiol groups is 2. The zero-order valence-corrected chi connectivity index (χ0v) is 84.9. The van der Waals surface area contributed by atoms with Gasteiger partial charge in [0.1, 0.15) is 61.2 Å². The summed E-state index contributed by atoms with van der Waals surface area (Å²) in [5, 5.41) is 75.1. The second-order valence-corrected chi connectivity index (χ2v) is 46.5. The Morgan fingerprint density at radius 2 is 0.790 bits per heavy atom. The molecule has 24 N–H and O–H groups in total. The van der Waals surface area contributed by atoms with Crippen molar-refractivity contribution in [2.45, 2.75) is 197 Å². The fourth-order valence-corrected chi connectivity index (χ4v) is 23.8. The molecule has 0 spiro atoms. The SMILES string of the molecule is C.CC(=O)NC(CCCS)C(=O)NC(CC(=O)O)C(=O)O.CC(=O)NC(CCCSSCCCC(=O)n1c(=O)ccn(C2CC(O)C(COP(=O)(O)OP(=O)(O)OP(=O)(O)O)O2)c1=O)C(=O)NC(CC(=O)O)C(=O)O.O=C(CCCS)n1c(=O)ccn(C2CC(O)C(COP(=O)(O)OP(=O)(O)OP(=O)(O)O)O2)c1=O.O=C1CCCS1.O=c1ccn(C2CC(O)C(COP(=O)(O)OP(=O)(O)OP(=O)(O)O)O2)c(=O)[nH]1. The maximum Gasteiger partial charge on any atom is 0.490 e. The van der Waals surface area contributed by atoms with Crippen LogP contribution in [0.4, 0.5) is 0 Å². The van der Waals surface area contributed by atoms with Crippen LogP contribution >= 0.6 is 129 Å². The topological polar surface area (TPSA) is 1030 Å². The Balaban J connectivity index is 0.000000667. The second-order valence-electron chi connectivity index (χ2n) is 28.5. The molecule has 4 saturated heterocycles. The van der Waals surface area contributed by atoms with Gasteiger partial charge in [-0.25, -0.2) is 65.1 Å². The summed E-state index contributed by atoms with van der Waals surface area (Å²) in [6.07, 6.45) is -8.04. The number of aliphatic hydroxyl groups excluding tert-OH is 3. The van der Waals surface area contributed by atoms with Crippen molar-refractivity contribution in [1.29, 1.82) is 0 Å². The summed E-state index contributed by atoms with van der Waals surface area (Å²) in [6, 6.07) is -2.44. The number of carbonyl (C=O) groups is 11. The van der Waals surface area contributed by atoms with Crippen LogP contribution in [-0.2, 0) is 138 Å². The number of nitrogens with zero attached hydrogens (tertiary/aromatic N) is 5. The van der Waals surface area contributed by atoms with Crippen molar-refractivity contribution in [3.05, 3.63) is 99.3 Å². The molecule has 4 amide bonds. The summed E-state index contributed by atoms with van der Waals surface area (Å²) in [5.74, 6) is -7.34. The van der Waals surface area contributed by atoms with Gasteiger partial charge in [-0.2, -0.15) is 60.3 Å². The number of aliphatic hydroxyl groups is 3. The van der Waals surface area contributed by atoms with E-state index in [4.69, 9.17) is 73.8 Å². The molecule has 0 saturated carbocycles. The van der Waals surface area contributed by atoms with Crippen molar-refractivity contribution >= 4 is 193 Å². The van der Waals surface area contributed by atoms with Crippen LogP contribution in [0.1, 0.15) is 146 Å². The quantitative estimate of drug-likeness (QED) is 0.0125. The number of aromatic amines is 1. The predicted molar refractivity (Wildman–Crippen MR) is 487 cm³/mol. The number of carboxylic acid groups (broad SMARTS) is 4. The van der Waals surface area contributed by atoms with E-state index in [9.17, 15) is 157 Å². The Kier molecular flexibility index (Phi) is 56.0. The van der Waals surface area contributed by atoms with Crippen LogP contribution in [0.3, 0.4) is 0 Å². The standard InChI is InChI=1S/C24H37N4O21P3S2.C13H21N2O15P3S.C11H18N2O6S.C9H15N2O14P3.C4H6OS.CH4/c1-13(29)25-14(22(35)26-15(23(36)37)10-21(33)34)4-2-8-53-54-9-3-5-18(31)28-19(32)6-7-27(24(28)38)20-11-16(30)17(47-20)12-46-51(42,43)49-52(44,45)48-50(39,40)41;16-8-6-12(14-4-3-11(18)15(13(14)19)10(17)2-1-5-34)28-9(8)7-27-32(23,24)30-33(25,26)29-31(20,21)22;1-6(14)12-7(3-2-4-20)10(17)13-8(11(18)19)5-9(15)16;12-5-3-8(11-2-1-7(13)10-9(11)14)23-6(5)4-22-27(18,19)25-28(20,21)24-26(15,16)17;5-4-2-1-3-6-4;/h6-7,14-17,20,30H,2-5,8-12H2,1H3,(H,25,29)(H,26,35)(H,33,34)(H,36,37)(H,42,43)(H,44,45)(H2,39,40,41);3-4,8-9,12,16,34H,1-2,5-7H2,(H,23,24)(H,25,26)(H2,20,21,22);7-8,20H,2-5H2,1H3,(H,12,14)(H,13,17)(H,15,16)(H,18,19);1-2,5-6,8,12H,3-4H2,(H,18,19)(H,20,21)(H,10,13,14)(H2,15,16,17);1-3H2;1H4. The van der Waals surface area contributed by atoms with Gasteiger partial charge in [-0.1, -0.05) is 40.8 Å². The molecular weight excluding hydrogens is 2240 g/mol. The fourth-order valence-electron chi connectivity index (χ4n) is 11.3. The van der Waals surface area contributed by atoms with Gasteiger partial charge in [0, 0.05) is 106 Å². The summed E-state index contributed by atoms with van der Waals surface area (Å²) in [4.78, 5) is 307. The summed E-state index contributed by atoms with van der Waals surface area (Å²) in [6.45, 7) is -0.462. The van der Waals surface area contributed by atoms with Crippen molar-refractivity contribution in [2.75, 3.05) is 48.6 Å². The lowest BCUT2D eigenvalue weighted by atomic mass is 10.1. The highest BCUT2D eigenvalue weighted by Crippen LogP contribution is 2.69. The van der Waals surface area contributed by atoms with Gasteiger partial charge in [0.2, 0.25) is 35.4 Å². The van der Waals surface area contributed by atoms with E-state index in [-0.39, 0.29) is 58.8 Å². The number of H-pyrrole nitrogens is 1. The first-order valence-corrected chi connectivity index (χ1v) is 57.7. The lowest BCUT2D eigenvalue weighted by Crippen LogP contribution is -2.51. The number of aromatic nitrogens is 6. The molecule has 19 atom stereocenters. The van der Waals surface area contributed by atoms with Crippen LogP contribution < -0.4 is 55.0 Å². The molecule has 0 radical (unpaired) electrons. The van der Waals surface area contributed by atoms with Crippen LogP contribution in [0.2, 0.25) is 0 Å². The molecule has 3 aromatic rings. The zero-order chi connectivity index (χ0) is 108. The highest BCUT2D eigenvalue weighted by molar-refractivity contribution is 8.76. The predicted octanol–water partition coefficient (Wildman–Crippen LogP) is -2.07. The van der Waals surface area contributed by atoms with Crippen molar-refractivity contribution in [3.63, 3.8) is 0 Å². The lowest BCUT2D eigenvalue weighted by molar-refractivity contribution is -0.147. The molecule has 4 aliphatic rings. The largest absolute Gasteiger partial charge is 0.490 e. The summed E-state index contributed by atoms with van der Waals surface area (Å²) < 4.78 is 155. The first-order chi connectivity index (χ1) is 65.3. The molecule has 4 aliphatic heterocycles. The van der Waals surface area contributed by atoms with Crippen LogP contribution in [0.25, 0.3) is 0 Å². The van der Waals surface area contributed by atoms with Gasteiger partial charge >= 0.3 is 111 Å². The molecule has 19 unspecified atom stereocenters. The average molecular weight is 2340 g/mol. The van der Waals surface area contributed by atoms with E-state index in [0.29, 0.717) is 56.5 Å². The van der Waals surface area contributed by atoms with Gasteiger partial charge < -0.3 is 130 Å². The number of ether oxygens (including phenoxy) is 3.